The number of carbonyl (C=O) groups excluding carboxylic acids is 2. The minimum atomic E-state index is -0.584. The van der Waals surface area contributed by atoms with Gasteiger partial charge in [0, 0.05) is 29.7 Å². The molecule has 0 fully saturated rings. The summed E-state index contributed by atoms with van der Waals surface area (Å²) >= 11 is 5.07. The van der Waals surface area contributed by atoms with E-state index in [1.165, 1.54) is 11.1 Å². The summed E-state index contributed by atoms with van der Waals surface area (Å²) in [4.78, 5) is 28.7. The fraction of sp³-hybridized carbons (Fsp3) is 0.310. The van der Waals surface area contributed by atoms with Crippen LogP contribution in [0, 0.1) is 6.92 Å². The summed E-state index contributed by atoms with van der Waals surface area (Å²) in [6.07, 6.45) is 1.32. The van der Waals surface area contributed by atoms with Gasteiger partial charge in [0.1, 0.15) is 6.04 Å². The first kappa shape index (κ1) is 27.0. The van der Waals surface area contributed by atoms with Crippen molar-refractivity contribution in [2.24, 2.45) is 0 Å². The van der Waals surface area contributed by atoms with Gasteiger partial charge in [0.2, 0.25) is 11.8 Å². The van der Waals surface area contributed by atoms with Crippen LogP contribution in [0.5, 0.6) is 0 Å². The lowest BCUT2D eigenvalue weighted by atomic mass is 10.0. The third-order valence-corrected chi connectivity index (χ3v) is 7.33. The fourth-order valence-corrected chi connectivity index (χ4v) is 5.06. The Labute approximate surface area is 221 Å². The Hall–Kier alpha value is -2.57. The monoisotopic (exact) mass is 552 g/mol. The Morgan fingerprint density at radius 1 is 0.943 bits per heavy atom. The van der Waals surface area contributed by atoms with Crippen LogP contribution in [0.15, 0.2) is 83.3 Å². The normalized spacial score (nSPS) is 11.6. The smallest absolute Gasteiger partial charge is 0.243 e. The molecule has 1 atom stereocenters. The molecule has 1 unspecified atom stereocenters. The van der Waals surface area contributed by atoms with Gasteiger partial charge < -0.3 is 10.2 Å². The van der Waals surface area contributed by atoms with Gasteiger partial charge in [-0.25, -0.2) is 0 Å². The van der Waals surface area contributed by atoms with Crippen LogP contribution in [0.2, 0.25) is 0 Å². The van der Waals surface area contributed by atoms with Crippen LogP contribution >= 0.6 is 27.7 Å². The fourth-order valence-electron chi connectivity index (χ4n) is 3.81. The molecule has 184 valence electrons. The quantitative estimate of drug-likeness (QED) is 0.293. The lowest BCUT2D eigenvalue weighted by Crippen LogP contribution is -2.51. The topological polar surface area (TPSA) is 49.4 Å². The molecule has 0 heterocycles. The number of halogens is 1. The van der Waals surface area contributed by atoms with E-state index < -0.39 is 6.04 Å². The van der Waals surface area contributed by atoms with E-state index in [-0.39, 0.29) is 11.8 Å². The minimum Gasteiger partial charge on any atom is -0.354 e. The molecule has 0 aliphatic heterocycles. The highest BCUT2D eigenvalue weighted by Gasteiger charge is 2.30. The Balaban J connectivity index is 1.83. The number of aryl methyl sites for hydroxylation is 1. The minimum absolute atomic E-state index is 0.0286. The SMILES string of the molecule is CCCNC(=O)C(Cc1ccccc1)N(Cc1ccc(Br)cc1)C(=O)CSCc1ccccc1C. The van der Waals surface area contributed by atoms with Gasteiger partial charge in [-0.3, -0.25) is 9.59 Å². The number of amides is 2. The lowest BCUT2D eigenvalue weighted by Gasteiger charge is -2.31. The third kappa shape index (κ3) is 8.55. The largest absolute Gasteiger partial charge is 0.354 e. The van der Waals surface area contributed by atoms with Crippen LogP contribution in [0.1, 0.15) is 35.6 Å². The van der Waals surface area contributed by atoms with E-state index in [0.29, 0.717) is 25.3 Å². The molecular weight excluding hydrogens is 520 g/mol. The molecule has 0 aromatic heterocycles. The van der Waals surface area contributed by atoms with Crippen molar-refractivity contribution in [3.8, 4) is 0 Å². The first-order valence-corrected chi connectivity index (χ1v) is 13.9. The predicted molar refractivity (Wildman–Crippen MR) is 149 cm³/mol. The second-order valence-corrected chi connectivity index (χ2v) is 10.5. The Morgan fingerprint density at radius 3 is 2.31 bits per heavy atom. The van der Waals surface area contributed by atoms with E-state index >= 15 is 0 Å². The van der Waals surface area contributed by atoms with Gasteiger partial charge in [0.05, 0.1) is 5.75 Å². The molecule has 0 aliphatic carbocycles. The maximum absolute atomic E-state index is 13.6. The van der Waals surface area contributed by atoms with E-state index in [4.69, 9.17) is 0 Å². The zero-order valence-electron chi connectivity index (χ0n) is 20.4. The highest BCUT2D eigenvalue weighted by Crippen LogP contribution is 2.20. The molecule has 0 spiro atoms. The molecular formula is C29H33BrN2O2S. The van der Waals surface area contributed by atoms with Gasteiger partial charge in [0.15, 0.2) is 0 Å². The molecule has 0 saturated heterocycles. The highest BCUT2D eigenvalue weighted by molar-refractivity contribution is 9.10. The van der Waals surface area contributed by atoms with Gasteiger partial charge >= 0.3 is 0 Å². The van der Waals surface area contributed by atoms with Crippen molar-refractivity contribution < 1.29 is 9.59 Å². The zero-order valence-corrected chi connectivity index (χ0v) is 22.8. The average Bonchev–Trinajstić information content (AvgIpc) is 2.87. The van der Waals surface area contributed by atoms with Crippen molar-refractivity contribution in [3.63, 3.8) is 0 Å². The summed E-state index contributed by atoms with van der Waals surface area (Å²) in [6.45, 7) is 5.09. The molecule has 35 heavy (non-hydrogen) atoms. The van der Waals surface area contributed by atoms with Crippen molar-refractivity contribution in [3.05, 3.63) is 106 Å². The van der Waals surface area contributed by atoms with E-state index in [1.807, 2.05) is 73.7 Å². The molecule has 0 saturated carbocycles. The summed E-state index contributed by atoms with van der Waals surface area (Å²) in [7, 11) is 0. The molecule has 3 aromatic carbocycles. The molecule has 4 nitrogen and oxygen atoms in total. The van der Waals surface area contributed by atoms with E-state index in [2.05, 4.69) is 40.3 Å². The molecule has 2 amide bonds. The van der Waals surface area contributed by atoms with Gasteiger partial charge in [-0.2, -0.15) is 0 Å². The van der Waals surface area contributed by atoms with Crippen LogP contribution in [0.4, 0.5) is 0 Å². The van der Waals surface area contributed by atoms with Crippen molar-refractivity contribution >= 4 is 39.5 Å². The summed E-state index contributed by atoms with van der Waals surface area (Å²) in [6, 6.07) is 25.5. The summed E-state index contributed by atoms with van der Waals surface area (Å²) in [5.74, 6) is 0.941. The van der Waals surface area contributed by atoms with Gasteiger partial charge in [-0.05, 0) is 47.7 Å². The van der Waals surface area contributed by atoms with Crippen LogP contribution in [0.3, 0.4) is 0 Å². The Morgan fingerprint density at radius 2 is 1.63 bits per heavy atom. The van der Waals surface area contributed by atoms with E-state index in [9.17, 15) is 9.59 Å². The van der Waals surface area contributed by atoms with E-state index in [1.54, 1.807) is 16.7 Å². The number of carbonyl (C=O) groups is 2. The highest BCUT2D eigenvalue weighted by atomic mass is 79.9. The van der Waals surface area contributed by atoms with Gasteiger partial charge in [0.25, 0.3) is 0 Å². The molecule has 3 rings (SSSR count). The van der Waals surface area contributed by atoms with Crippen LogP contribution < -0.4 is 5.32 Å². The number of benzene rings is 3. The maximum atomic E-state index is 13.6. The second-order valence-electron chi connectivity index (χ2n) is 8.56. The molecule has 0 aliphatic rings. The van der Waals surface area contributed by atoms with Crippen LogP contribution in [0.25, 0.3) is 0 Å². The van der Waals surface area contributed by atoms with E-state index in [0.717, 1.165) is 27.8 Å². The molecule has 3 aromatic rings. The first-order chi connectivity index (χ1) is 17.0. The van der Waals surface area contributed by atoms with Crippen LogP contribution in [-0.4, -0.2) is 35.1 Å². The summed E-state index contributed by atoms with van der Waals surface area (Å²) < 4.78 is 0.981. The molecule has 6 heteroatoms. The molecule has 0 bridgehead atoms. The number of thioether (sulfide) groups is 1. The predicted octanol–water partition coefficient (Wildman–Crippen LogP) is 6.16. The van der Waals surface area contributed by atoms with Crippen molar-refractivity contribution in [1.82, 2.24) is 10.2 Å². The first-order valence-electron chi connectivity index (χ1n) is 12.0. The summed E-state index contributed by atoms with van der Waals surface area (Å²) in [5, 5.41) is 3.03. The number of hydrogen-bond donors (Lipinski definition) is 1. The van der Waals surface area contributed by atoms with Gasteiger partial charge in [-0.15, -0.1) is 11.8 Å². The number of rotatable bonds is 12. The number of nitrogens with zero attached hydrogens (tertiary/aromatic N) is 1. The van der Waals surface area contributed by atoms with Crippen molar-refractivity contribution in [2.45, 2.75) is 45.0 Å². The second kappa shape index (κ2) is 14.1. The standard InChI is InChI=1S/C29H33BrN2O2S/c1-3-17-31-29(34)27(18-23-10-5-4-6-11-23)32(19-24-13-15-26(30)16-14-24)28(33)21-35-20-25-12-8-7-9-22(25)2/h4-16,27H,3,17-21H2,1-2H3,(H,31,34). The van der Waals surface area contributed by atoms with Crippen LogP contribution in [-0.2, 0) is 28.3 Å². The third-order valence-electron chi connectivity index (χ3n) is 5.83. The number of hydrogen-bond acceptors (Lipinski definition) is 3. The summed E-state index contributed by atoms with van der Waals surface area (Å²) in [5.41, 5.74) is 4.48. The van der Waals surface area contributed by atoms with Gasteiger partial charge in [-0.1, -0.05) is 89.6 Å². The number of nitrogens with one attached hydrogen (secondary N) is 1. The lowest BCUT2D eigenvalue weighted by molar-refractivity contribution is -0.139. The average molecular weight is 554 g/mol. The van der Waals surface area contributed by atoms with Crippen molar-refractivity contribution in [2.75, 3.05) is 12.3 Å². The molecule has 0 radical (unpaired) electrons. The molecule has 1 N–H and O–H groups in total. The zero-order chi connectivity index (χ0) is 25.0. The maximum Gasteiger partial charge on any atom is 0.243 e. The van der Waals surface area contributed by atoms with Crippen molar-refractivity contribution in [1.29, 1.82) is 0 Å². The Kier molecular flexibility index (Phi) is 10.9. The Bertz CT molecular complexity index is 1090.